The van der Waals surface area contributed by atoms with Crippen LogP contribution >= 0.6 is 11.6 Å². The zero-order valence-corrected chi connectivity index (χ0v) is 12.7. The number of halogens is 1. The van der Waals surface area contributed by atoms with Gasteiger partial charge in [0.2, 0.25) is 0 Å². The molecule has 116 valence electrons. The number of ether oxygens (including phenoxy) is 1. The first-order valence-corrected chi connectivity index (χ1v) is 6.64. The normalized spacial score (nSPS) is 14.1. The number of aliphatic carboxylic acids is 1. The Kier molecular flexibility index (Phi) is 5.57. The highest BCUT2D eigenvalue weighted by Gasteiger charge is 2.31. The lowest BCUT2D eigenvalue weighted by Gasteiger charge is -2.24. The number of rotatable bonds is 4. The van der Waals surface area contributed by atoms with Gasteiger partial charge in [0, 0.05) is 5.02 Å². The van der Waals surface area contributed by atoms with E-state index in [1.165, 1.54) is 12.1 Å². The van der Waals surface area contributed by atoms with Crippen molar-refractivity contribution >= 4 is 23.7 Å². The molecule has 0 radical (unpaired) electrons. The quantitative estimate of drug-likeness (QED) is 0.792. The van der Waals surface area contributed by atoms with Gasteiger partial charge in [0.15, 0.2) is 6.04 Å². The first-order chi connectivity index (χ1) is 9.60. The minimum atomic E-state index is -1.54. The summed E-state index contributed by atoms with van der Waals surface area (Å²) in [5.74, 6) is -1.38. The average Bonchev–Trinajstić information content (AvgIpc) is 2.32. The molecule has 7 heteroatoms. The summed E-state index contributed by atoms with van der Waals surface area (Å²) >= 11 is 5.80. The number of aliphatic hydroxyl groups excluding tert-OH is 1. The largest absolute Gasteiger partial charge is 0.480 e. The number of carboxylic acids is 1. The summed E-state index contributed by atoms with van der Waals surface area (Å²) in [6.07, 6.45) is -2.37. The van der Waals surface area contributed by atoms with Crippen LogP contribution in [0.15, 0.2) is 24.3 Å². The number of carbonyl (C=O) groups excluding carboxylic acids is 1. The van der Waals surface area contributed by atoms with Gasteiger partial charge in [-0.05, 0) is 38.5 Å². The molecular formula is C14H18ClNO5. The molecule has 0 aliphatic heterocycles. The third-order valence-corrected chi connectivity index (χ3v) is 2.68. The number of carboxylic acid groups (broad SMARTS) is 1. The van der Waals surface area contributed by atoms with Crippen molar-refractivity contribution in [3.05, 3.63) is 34.9 Å². The monoisotopic (exact) mass is 315 g/mol. The standard InChI is InChI=1S/C14H18ClNO5/c1-14(2,3)21-13(20)16-10(12(18)19)11(17)8-5-4-6-9(15)7-8/h4-7,10-11,17H,1-3H3,(H,16,20)(H,18,19)/t10-,11-/m0/s1. The Labute approximate surface area is 127 Å². The van der Waals surface area contributed by atoms with E-state index >= 15 is 0 Å². The van der Waals surface area contributed by atoms with E-state index in [9.17, 15) is 14.7 Å². The van der Waals surface area contributed by atoms with Gasteiger partial charge < -0.3 is 20.3 Å². The lowest BCUT2D eigenvalue weighted by molar-refractivity contribution is -0.142. The van der Waals surface area contributed by atoms with Crippen molar-refractivity contribution in [2.24, 2.45) is 0 Å². The van der Waals surface area contributed by atoms with Crippen LogP contribution in [0.25, 0.3) is 0 Å². The molecule has 1 aromatic carbocycles. The Morgan fingerprint density at radius 3 is 2.43 bits per heavy atom. The van der Waals surface area contributed by atoms with E-state index in [0.717, 1.165) is 0 Å². The highest BCUT2D eigenvalue weighted by molar-refractivity contribution is 6.30. The number of benzene rings is 1. The van der Waals surface area contributed by atoms with Gasteiger partial charge >= 0.3 is 12.1 Å². The molecule has 2 atom stereocenters. The predicted molar refractivity (Wildman–Crippen MR) is 77.2 cm³/mol. The molecular weight excluding hydrogens is 298 g/mol. The van der Waals surface area contributed by atoms with Crippen LogP contribution in [0, 0.1) is 0 Å². The molecule has 0 unspecified atom stereocenters. The zero-order valence-electron chi connectivity index (χ0n) is 12.0. The van der Waals surface area contributed by atoms with Crippen molar-refractivity contribution in [1.82, 2.24) is 5.32 Å². The van der Waals surface area contributed by atoms with Crippen molar-refractivity contribution in [2.75, 3.05) is 0 Å². The van der Waals surface area contributed by atoms with Gasteiger partial charge in [-0.15, -0.1) is 0 Å². The molecule has 0 fully saturated rings. The van der Waals surface area contributed by atoms with Crippen molar-refractivity contribution in [2.45, 2.75) is 38.5 Å². The SMILES string of the molecule is CC(C)(C)OC(=O)N[C@H](C(=O)O)[C@@H](O)c1cccc(Cl)c1. The van der Waals surface area contributed by atoms with E-state index < -0.39 is 29.8 Å². The molecule has 1 rings (SSSR count). The molecule has 6 nitrogen and oxygen atoms in total. The van der Waals surface area contributed by atoms with Gasteiger partial charge in [0.05, 0.1) is 0 Å². The van der Waals surface area contributed by atoms with E-state index in [1.54, 1.807) is 32.9 Å². The molecule has 0 bridgehead atoms. The number of hydrogen-bond donors (Lipinski definition) is 3. The number of alkyl carbamates (subject to hydrolysis) is 1. The minimum Gasteiger partial charge on any atom is -0.480 e. The van der Waals surface area contributed by atoms with Crippen molar-refractivity contribution in [3.8, 4) is 0 Å². The highest BCUT2D eigenvalue weighted by Crippen LogP contribution is 2.21. The fourth-order valence-corrected chi connectivity index (χ4v) is 1.79. The average molecular weight is 316 g/mol. The van der Waals surface area contributed by atoms with Crippen molar-refractivity contribution in [1.29, 1.82) is 0 Å². The van der Waals surface area contributed by atoms with Gasteiger partial charge in [-0.25, -0.2) is 9.59 Å². The molecule has 0 saturated carbocycles. The van der Waals surface area contributed by atoms with Crippen LogP contribution < -0.4 is 5.32 Å². The number of amides is 1. The van der Waals surface area contributed by atoms with Crippen molar-refractivity contribution in [3.63, 3.8) is 0 Å². The molecule has 1 amide bonds. The van der Waals surface area contributed by atoms with Crippen LogP contribution in [0.4, 0.5) is 4.79 Å². The lowest BCUT2D eigenvalue weighted by atomic mass is 10.0. The van der Waals surface area contributed by atoms with Crippen LogP contribution in [-0.2, 0) is 9.53 Å². The Morgan fingerprint density at radius 1 is 1.33 bits per heavy atom. The summed E-state index contributed by atoms with van der Waals surface area (Å²) in [4.78, 5) is 22.9. The van der Waals surface area contributed by atoms with E-state index in [2.05, 4.69) is 5.32 Å². The molecule has 21 heavy (non-hydrogen) atoms. The third kappa shape index (κ3) is 5.61. The van der Waals surface area contributed by atoms with Crippen LogP contribution in [0.3, 0.4) is 0 Å². The minimum absolute atomic E-state index is 0.283. The Bertz CT molecular complexity index is 526. The van der Waals surface area contributed by atoms with Crippen LogP contribution in [0.1, 0.15) is 32.4 Å². The first-order valence-electron chi connectivity index (χ1n) is 6.26. The van der Waals surface area contributed by atoms with Gasteiger partial charge in [0.1, 0.15) is 11.7 Å². The molecule has 0 aliphatic carbocycles. The number of hydrogen-bond acceptors (Lipinski definition) is 4. The van der Waals surface area contributed by atoms with Gasteiger partial charge in [-0.3, -0.25) is 0 Å². The van der Waals surface area contributed by atoms with E-state index in [1.807, 2.05) is 0 Å². The summed E-state index contributed by atoms with van der Waals surface area (Å²) in [5, 5.41) is 21.8. The summed E-state index contributed by atoms with van der Waals surface area (Å²) in [6.45, 7) is 4.95. The first kappa shape index (κ1) is 17.3. The fourth-order valence-electron chi connectivity index (χ4n) is 1.59. The number of nitrogens with one attached hydrogen (secondary N) is 1. The maximum atomic E-state index is 11.6. The molecule has 1 aromatic rings. The topological polar surface area (TPSA) is 95.9 Å². The van der Waals surface area contributed by atoms with Crippen LogP contribution in [-0.4, -0.2) is 33.9 Å². The fraction of sp³-hybridized carbons (Fsp3) is 0.429. The lowest BCUT2D eigenvalue weighted by Crippen LogP contribution is -2.46. The van der Waals surface area contributed by atoms with Gasteiger partial charge in [0.25, 0.3) is 0 Å². The number of aliphatic hydroxyl groups is 1. The second kappa shape index (κ2) is 6.78. The van der Waals surface area contributed by atoms with E-state index in [4.69, 9.17) is 21.4 Å². The summed E-state index contributed by atoms with van der Waals surface area (Å²) in [6, 6.07) is 4.57. The third-order valence-electron chi connectivity index (χ3n) is 2.44. The highest BCUT2D eigenvalue weighted by atomic mass is 35.5. The smallest absolute Gasteiger partial charge is 0.408 e. The second-order valence-electron chi connectivity index (χ2n) is 5.46. The molecule has 3 N–H and O–H groups in total. The van der Waals surface area contributed by atoms with Gasteiger partial charge in [-0.1, -0.05) is 23.7 Å². The Morgan fingerprint density at radius 2 is 1.95 bits per heavy atom. The van der Waals surface area contributed by atoms with E-state index in [-0.39, 0.29) is 5.56 Å². The molecule has 0 spiro atoms. The summed E-state index contributed by atoms with van der Waals surface area (Å²) < 4.78 is 4.98. The summed E-state index contributed by atoms with van der Waals surface area (Å²) in [7, 11) is 0. The summed E-state index contributed by atoms with van der Waals surface area (Å²) in [5.41, 5.74) is -0.486. The zero-order chi connectivity index (χ0) is 16.2. The Hall–Kier alpha value is -1.79. The molecule has 0 aliphatic rings. The second-order valence-corrected chi connectivity index (χ2v) is 5.90. The maximum absolute atomic E-state index is 11.6. The molecule has 0 saturated heterocycles. The predicted octanol–water partition coefficient (Wildman–Crippen LogP) is 2.35. The van der Waals surface area contributed by atoms with Crippen LogP contribution in [0.2, 0.25) is 5.02 Å². The van der Waals surface area contributed by atoms with Gasteiger partial charge in [-0.2, -0.15) is 0 Å². The number of carbonyl (C=O) groups is 2. The van der Waals surface area contributed by atoms with Crippen LogP contribution in [0.5, 0.6) is 0 Å². The maximum Gasteiger partial charge on any atom is 0.408 e. The molecule has 0 heterocycles. The Balaban J connectivity index is 2.87. The molecule has 0 aromatic heterocycles. The van der Waals surface area contributed by atoms with E-state index in [0.29, 0.717) is 5.02 Å². The van der Waals surface area contributed by atoms with Crippen molar-refractivity contribution < 1.29 is 24.5 Å².